The fourth-order valence-corrected chi connectivity index (χ4v) is 2.85. The van der Waals surface area contributed by atoms with Gasteiger partial charge >= 0.3 is 0 Å². The highest BCUT2D eigenvalue weighted by molar-refractivity contribution is 6.31. The molecular formula is C17H15Cl2N3O2. The molecule has 0 aliphatic rings. The van der Waals surface area contributed by atoms with Crippen LogP contribution in [0.4, 0.5) is 5.69 Å². The van der Waals surface area contributed by atoms with Crippen molar-refractivity contribution in [3.8, 4) is 5.75 Å². The van der Waals surface area contributed by atoms with Gasteiger partial charge in [-0.25, -0.2) is 4.98 Å². The van der Waals surface area contributed by atoms with E-state index in [-0.39, 0.29) is 5.91 Å². The van der Waals surface area contributed by atoms with Crippen LogP contribution < -0.4 is 10.1 Å². The van der Waals surface area contributed by atoms with E-state index < -0.39 is 0 Å². The van der Waals surface area contributed by atoms with Gasteiger partial charge in [-0.3, -0.25) is 9.20 Å². The number of ether oxygens (including phenoxy) is 1. The summed E-state index contributed by atoms with van der Waals surface area (Å²) in [5.41, 5.74) is 2.29. The summed E-state index contributed by atoms with van der Waals surface area (Å²) in [7, 11) is 1.53. The third-order valence-electron chi connectivity index (χ3n) is 3.61. The van der Waals surface area contributed by atoms with Crippen LogP contribution in [-0.2, 0) is 6.42 Å². The molecule has 7 heteroatoms. The van der Waals surface area contributed by atoms with Crippen LogP contribution in [0.2, 0.25) is 10.0 Å². The molecule has 2 heterocycles. The average molecular weight is 364 g/mol. The zero-order valence-corrected chi connectivity index (χ0v) is 14.6. The van der Waals surface area contributed by atoms with Crippen LogP contribution in [0, 0.1) is 0 Å². The summed E-state index contributed by atoms with van der Waals surface area (Å²) in [4.78, 5) is 17.3. The first kappa shape index (κ1) is 16.6. The topological polar surface area (TPSA) is 55.6 Å². The number of halogens is 2. The number of carbonyl (C=O) groups is 1. The lowest BCUT2D eigenvalue weighted by atomic mass is 10.2. The van der Waals surface area contributed by atoms with Gasteiger partial charge in [0.15, 0.2) is 0 Å². The van der Waals surface area contributed by atoms with E-state index in [1.165, 1.54) is 7.11 Å². The Balaban J connectivity index is 2.06. The van der Waals surface area contributed by atoms with Gasteiger partial charge in [0.25, 0.3) is 5.91 Å². The molecule has 3 aromatic rings. The molecule has 0 saturated heterocycles. The Bertz CT molecular complexity index is 922. The Hall–Kier alpha value is -2.24. The van der Waals surface area contributed by atoms with Gasteiger partial charge in [0.05, 0.1) is 23.5 Å². The minimum atomic E-state index is -0.304. The van der Waals surface area contributed by atoms with E-state index in [0.29, 0.717) is 44.9 Å². The van der Waals surface area contributed by atoms with Gasteiger partial charge in [0.1, 0.15) is 17.1 Å². The quantitative estimate of drug-likeness (QED) is 0.744. The molecule has 1 amide bonds. The van der Waals surface area contributed by atoms with Crippen molar-refractivity contribution in [3.63, 3.8) is 0 Å². The number of benzene rings is 1. The zero-order chi connectivity index (χ0) is 17.3. The summed E-state index contributed by atoms with van der Waals surface area (Å²) >= 11 is 12.1. The van der Waals surface area contributed by atoms with Gasteiger partial charge in [0, 0.05) is 11.2 Å². The van der Waals surface area contributed by atoms with Gasteiger partial charge in [-0.15, -0.1) is 0 Å². The van der Waals surface area contributed by atoms with Gasteiger partial charge in [-0.2, -0.15) is 0 Å². The molecule has 0 unspecified atom stereocenters. The number of hydrogen-bond donors (Lipinski definition) is 1. The van der Waals surface area contributed by atoms with Crippen molar-refractivity contribution >= 4 is 40.4 Å². The van der Waals surface area contributed by atoms with Gasteiger partial charge in [0.2, 0.25) is 0 Å². The average Bonchev–Trinajstić information content (AvgIpc) is 2.92. The summed E-state index contributed by atoms with van der Waals surface area (Å²) in [5, 5.41) is 3.87. The summed E-state index contributed by atoms with van der Waals surface area (Å²) in [6.45, 7) is 1.94. The fraction of sp³-hybridized carbons (Fsp3) is 0.176. The van der Waals surface area contributed by atoms with Gasteiger partial charge in [-0.05, 0) is 36.8 Å². The van der Waals surface area contributed by atoms with E-state index in [1.54, 1.807) is 40.9 Å². The minimum absolute atomic E-state index is 0.304. The lowest BCUT2D eigenvalue weighted by Crippen LogP contribution is -2.16. The van der Waals surface area contributed by atoms with E-state index in [9.17, 15) is 4.79 Å². The monoisotopic (exact) mass is 363 g/mol. The number of imidazole rings is 1. The van der Waals surface area contributed by atoms with Gasteiger partial charge in [-0.1, -0.05) is 30.1 Å². The molecule has 5 nitrogen and oxygen atoms in total. The van der Waals surface area contributed by atoms with Gasteiger partial charge < -0.3 is 10.1 Å². The molecule has 3 rings (SSSR count). The second-order valence-corrected chi connectivity index (χ2v) is 6.01. The number of aromatic nitrogens is 2. The van der Waals surface area contributed by atoms with Crippen molar-refractivity contribution in [2.75, 3.05) is 12.4 Å². The van der Waals surface area contributed by atoms with Crippen LogP contribution in [-0.4, -0.2) is 22.4 Å². The molecule has 0 fully saturated rings. The molecule has 0 radical (unpaired) electrons. The van der Waals surface area contributed by atoms with E-state index >= 15 is 0 Å². The van der Waals surface area contributed by atoms with Crippen molar-refractivity contribution < 1.29 is 9.53 Å². The molecule has 0 saturated carbocycles. The number of aryl methyl sites for hydroxylation is 1. The first-order valence-corrected chi connectivity index (χ1v) is 8.10. The fourth-order valence-electron chi connectivity index (χ4n) is 2.51. The molecular weight excluding hydrogens is 349 g/mol. The minimum Gasteiger partial charge on any atom is -0.495 e. The number of carbonyl (C=O) groups excluding carboxylic acids is 1. The smallest absolute Gasteiger partial charge is 0.274 e. The molecule has 1 aromatic carbocycles. The molecule has 2 aromatic heterocycles. The third kappa shape index (κ3) is 3.05. The predicted molar refractivity (Wildman–Crippen MR) is 95.5 cm³/mol. The van der Waals surface area contributed by atoms with Crippen LogP contribution in [0.3, 0.4) is 0 Å². The molecule has 124 valence electrons. The van der Waals surface area contributed by atoms with E-state index in [2.05, 4.69) is 10.3 Å². The zero-order valence-electron chi connectivity index (χ0n) is 13.1. The predicted octanol–water partition coefficient (Wildman–Crippen LogP) is 4.46. The highest BCUT2D eigenvalue weighted by Gasteiger charge is 2.20. The maximum Gasteiger partial charge on any atom is 0.274 e. The number of rotatable bonds is 4. The van der Waals surface area contributed by atoms with E-state index in [4.69, 9.17) is 27.9 Å². The van der Waals surface area contributed by atoms with Crippen LogP contribution in [0.5, 0.6) is 5.75 Å². The van der Waals surface area contributed by atoms with Crippen LogP contribution in [0.1, 0.15) is 23.1 Å². The normalized spacial score (nSPS) is 10.8. The highest BCUT2D eigenvalue weighted by Crippen LogP contribution is 2.28. The maximum absolute atomic E-state index is 12.8. The summed E-state index contributed by atoms with van der Waals surface area (Å²) < 4.78 is 6.95. The first-order chi connectivity index (χ1) is 11.5. The summed E-state index contributed by atoms with van der Waals surface area (Å²) in [6, 6.07) is 8.55. The molecule has 0 aliphatic heterocycles. The van der Waals surface area contributed by atoms with Crippen LogP contribution in [0.15, 0.2) is 36.5 Å². The number of hydrogen-bond acceptors (Lipinski definition) is 3. The van der Waals surface area contributed by atoms with Crippen molar-refractivity contribution in [1.29, 1.82) is 0 Å². The number of methoxy groups -OCH3 is 1. The standard InChI is InChI=1S/C17H15Cl2N3O2/c1-3-12-16(22-9-11(19)5-7-15(22)20-12)17(23)21-13-8-10(18)4-6-14(13)24-2/h4-9H,3H2,1-2H3,(H,21,23). The van der Waals surface area contributed by atoms with Crippen molar-refractivity contribution in [2.45, 2.75) is 13.3 Å². The Morgan fingerprint density at radius 2 is 2.00 bits per heavy atom. The first-order valence-electron chi connectivity index (χ1n) is 7.35. The van der Waals surface area contributed by atoms with Crippen molar-refractivity contribution in [2.24, 2.45) is 0 Å². The third-order valence-corrected chi connectivity index (χ3v) is 4.07. The Kier molecular flexibility index (Phi) is 4.64. The lowest BCUT2D eigenvalue weighted by molar-refractivity contribution is 0.102. The van der Waals surface area contributed by atoms with Crippen LogP contribution in [0.25, 0.3) is 5.65 Å². The molecule has 0 bridgehead atoms. The molecule has 0 aliphatic carbocycles. The van der Waals surface area contributed by atoms with E-state index in [0.717, 1.165) is 0 Å². The largest absolute Gasteiger partial charge is 0.495 e. The van der Waals surface area contributed by atoms with Crippen molar-refractivity contribution in [1.82, 2.24) is 9.38 Å². The Morgan fingerprint density at radius 3 is 2.71 bits per heavy atom. The Morgan fingerprint density at radius 1 is 1.25 bits per heavy atom. The molecule has 24 heavy (non-hydrogen) atoms. The SMILES string of the molecule is CCc1nc2ccc(Cl)cn2c1C(=O)Nc1cc(Cl)ccc1OC. The highest BCUT2D eigenvalue weighted by atomic mass is 35.5. The molecule has 1 N–H and O–H groups in total. The molecule has 0 spiro atoms. The lowest BCUT2D eigenvalue weighted by Gasteiger charge is -2.11. The number of nitrogens with zero attached hydrogens (tertiary/aromatic N) is 2. The summed E-state index contributed by atoms with van der Waals surface area (Å²) in [6.07, 6.45) is 2.29. The van der Waals surface area contributed by atoms with E-state index in [1.807, 2.05) is 6.92 Å². The second kappa shape index (κ2) is 6.71. The number of anilines is 1. The Labute approximate surface area is 149 Å². The van der Waals surface area contributed by atoms with Crippen molar-refractivity contribution in [3.05, 3.63) is 58.0 Å². The number of nitrogens with one attached hydrogen (secondary N) is 1. The summed E-state index contributed by atoms with van der Waals surface area (Å²) in [5.74, 6) is 0.222. The number of fused-ring (bicyclic) bond motifs is 1. The number of pyridine rings is 1. The molecule has 0 atom stereocenters. The van der Waals surface area contributed by atoms with Crippen LogP contribution >= 0.6 is 23.2 Å². The number of amides is 1. The second-order valence-electron chi connectivity index (χ2n) is 5.13. The maximum atomic E-state index is 12.8.